The average molecular weight is 376 g/mol. The molecule has 146 valence electrons. The second kappa shape index (κ2) is 8.72. The van der Waals surface area contributed by atoms with Crippen LogP contribution in [-0.4, -0.2) is 49.3 Å². The summed E-state index contributed by atoms with van der Waals surface area (Å²) in [5, 5.41) is 6.25. The van der Waals surface area contributed by atoms with Crippen LogP contribution in [-0.2, 0) is 4.74 Å². The topological polar surface area (TPSA) is 37.4 Å². The standard InChI is InChI=1S/C24H29N3O/c1-18-4-3-5-19(14-18)21-15-20-6-9-25-17-23(20)24(16-21)26-22-7-10-27(11-8-22)12-13-28-2/h3-6,9,14-17,22,26H,7-8,10-13H2,1-2H3. The van der Waals surface area contributed by atoms with Crippen molar-refractivity contribution in [1.82, 2.24) is 9.88 Å². The number of piperidine rings is 1. The van der Waals surface area contributed by atoms with Gasteiger partial charge in [-0.05, 0) is 54.5 Å². The molecule has 4 nitrogen and oxygen atoms in total. The lowest BCUT2D eigenvalue weighted by Gasteiger charge is -2.33. The third-order valence-corrected chi connectivity index (χ3v) is 5.67. The third kappa shape index (κ3) is 4.34. The molecule has 0 spiro atoms. The van der Waals surface area contributed by atoms with E-state index >= 15 is 0 Å². The van der Waals surface area contributed by atoms with E-state index in [2.05, 4.69) is 64.6 Å². The molecule has 4 rings (SSSR count). The highest BCUT2D eigenvalue weighted by Crippen LogP contribution is 2.32. The second-order valence-corrected chi connectivity index (χ2v) is 7.74. The van der Waals surface area contributed by atoms with Crippen LogP contribution in [0.25, 0.3) is 21.9 Å². The lowest BCUT2D eigenvalue weighted by molar-refractivity contribution is 0.132. The Balaban J connectivity index is 1.58. The van der Waals surface area contributed by atoms with E-state index in [1.807, 2.05) is 12.4 Å². The Labute approximate surface area is 167 Å². The molecule has 0 unspecified atom stereocenters. The lowest BCUT2D eigenvalue weighted by atomic mass is 9.98. The molecule has 3 aromatic rings. The van der Waals surface area contributed by atoms with E-state index in [1.165, 1.54) is 33.2 Å². The van der Waals surface area contributed by atoms with Crippen molar-refractivity contribution < 1.29 is 4.74 Å². The van der Waals surface area contributed by atoms with E-state index in [4.69, 9.17) is 4.74 Å². The summed E-state index contributed by atoms with van der Waals surface area (Å²) < 4.78 is 5.21. The zero-order chi connectivity index (χ0) is 19.3. The first-order valence-electron chi connectivity index (χ1n) is 10.2. The highest BCUT2D eigenvalue weighted by Gasteiger charge is 2.19. The van der Waals surface area contributed by atoms with Gasteiger partial charge in [-0.3, -0.25) is 4.98 Å². The van der Waals surface area contributed by atoms with Crippen molar-refractivity contribution in [3.05, 3.63) is 60.4 Å². The number of benzene rings is 2. The molecule has 0 atom stereocenters. The smallest absolute Gasteiger partial charge is 0.0589 e. The van der Waals surface area contributed by atoms with Gasteiger partial charge in [-0.1, -0.05) is 29.8 Å². The Morgan fingerprint density at radius 3 is 2.75 bits per heavy atom. The number of hydrogen-bond donors (Lipinski definition) is 1. The zero-order valence-electron chi connectivity index (χ0n) is 16.8. The van der Waals surface area contributed by atoms with Crippen molar-refractivity contribution in [2.45, 2.75) is 25.8 Å². The normalized spacial score (nSPS) is 15.8. The molecule has 28 heavy (non-hydrogen) atoms. The van der Waals surface area contributed by atoms with Crippen molar-refractivity contribution in [3.8, 4) is 11.1 Å². The van der Waals surface area contributed by atoms with Gasteiger partial charge < -0.3 is 15.0 Å². The van der Waals surface area contributed by atoms with Crippen LogP contribution in [0.3, 0.4) is 0 Å². The number of fused-ring (bicyclic) bond motifs is 1. The van der Waals surface area contributed by atoms with E-state index < -0.39 is 0 Å². The molecule has 2 heterocycles. The van der Waals surface area contributed by atoms with E-state index in [0.29, 0.717) is 6.04 Å². The van der Waals surface area contributed by atoms with Crippen LogP contribution in [0.4, 0.5) is 5.69 Å². The molecule has 0 radical (unpaired) electrons. The van der Waals surface area contributed by atoms with Gasteiger partial charge in [0, 0.05) is 56.3 Å². The number of hydrogen-bond acceptors (Lipinski definition) is 4. The number of methoxy groups -OCH3 is 1. The third-order valence-electron chi connectivity index (χ3n) is 5.67. The molecule has 4 heteroatoms. The number of rotatable bonds is 6. The van der Waals surface area contributed by atoms with Crippen LogP contribution in [0.5, 0.6) is 0 Å². The van der Waals surface area contributed by atoms with Gasteiger partial charge in [0.25, 0.3) is 0 Å². The fraction of sp³-hybridized carbons (Fsp3) is 0.375. The molecule has 1 aliphatic rings. The van der Waals surface area contributed by atoms with Gasteiger partial charge in [0.2, 0.25) is 0 Å². The number of nitrogens with one attached hydrogen (secondary N) is 1. The van der Waals surface area contributed by atoms with Crippen molar-refractivity contribution in [2.24, 2.45) is 0 Å². The molecule has 0 saturated carbocycles. The van der Waals surface area contributed by atoms with Crippen LogP contribution in [0.2, 0.25) is 0 Å². The molecule has 0 aliphatic carbocycles. The largest absolute Gasteiger partial charge is 0.383 e. The summed E-state index contributed by atoms with van der Waals surface area (Å²) in [4.78, 5) is 6.86. The van der Waals surface area contributed by atoms with Gasteiger partial charge in [-0.2, -0.15) is 0 Å². The summed E-state index contributed by atoms with van der Waals surface area (Å²) in [5.41, 5.74) is 4.99. The van der Waals surface area contributed by atoms with Gasteiger partial charge in [0.15, 0.2) is 0 Å². The van der Waals surface area contributed by atoms with Crippen LogP contribution in [0, 0.1) is 6.92 Å². The SMILES string of the molecule is COCCN1CCC(Nc2cc(-c3cccc(C)c3)cc3ccncc23)CC1. The summed E-state index contributed by atoms with van der Waals surface area (Å²) in [5.74, 6) is 0. The van der Waals surface area contributed by atoms with Crippen LogP contribution in [0.1, 0.15) is 18.4 Å². The molecular formula is C24H29N3O. The van der Waals surface area contributed by atoms with Gasteiger partial charge in [-0.15, -0.1) is 0 Å². The maximum Gasteiger partial charge on any atom is 0.0589 e. The van der Waals surface area contributed by atoms with Crippen molar-refractivity contribution in [1.29, 1.82) is 0 Å². The van der Waals surface area contributed by atoms with E-state index in [9.17, 15) is 0 Å². The fourth-order valence-electron chi connectivity index (χ4n) is 4.05. The van der Waals surface area contributed by atoms with Crippen molar-refractivity contribution in [3.63, 3.8) is 0 Å². The number of nitrogens with zero attached hydrogens (tertiary/aromatic N) is 2. The van der Waals surface area contributed by atoms with E-state index in [-0.39, 0.29) is 0 Å². The van der Waals surface area contributed by atoms with E-state index in [1.54, 1.807) is 7.11 Å². The highest BCUT2D eigenvalue weighted by molar-refractivity contribution is 5.97. The predicted octanol–water partition coefficient (Wildman–Crippen LogP) is 4.73. The maximum absolute atomic E-state index is 5.21. The van der Waals surface area contributed by atoms with E-state index in [0.717, 1.165) is 39.1 Å². The Kier molecular flexibility index (Phi) is 5.89. The number of pyridine rings is 1. The molecule has 0 amide bonds. The van der Waals surface area contributed by atoms with Gasteiger partial charge in [0.05, 0.1) is 6.61 Å². The zero-order valence-corrected chi connectivity index (χ0v) is 16.8. The Morgan fingerprint density at radius 1 is 1.11 bits per heavy atom. The van der Waals surface area contributed by atoms with Crippen LogP contribution in [0.15, 0.2) is 54.9 Å². The number of anilines is 1. The summed E-state index contributed by atoms with van der Waals surface area (Å²) >= 11 is 0. The Hall–Kier alpha value is -2.43. The van der Waals surface area contributed by atoms with Crippen molar-refractivity contribution >= 4 is 16.5 Å². The van der Waals surface area contributed by atoms with Gasteiger partial charge >= 0.3 is 0 Å². The predicted molar refractivity (Wildman–Crippen MR) is 117 cm³/mol. The Bertz CT molecular complexity index is 932. The maximum atomic E-state index is 5.21. The van der Waals surface area contributed by atoms with Crippen LogP contribution >= 0.6 is 0 Å². The molecule has 2 aromatic carbocycles. The first-order chi connectivity index (χ1) is 13.7. The molecule has 1 aliphatic heterocycles. The Morgan fingerprint density at radius 2 is 1.96 bits per heavy atom. The minimum absolute atomic E-state index is 0.495. The first kappa shape index (κ1) is 18.9. The molecule has 1 fully saturated rings. The minimum atomic E-state index is 0.495. The monoisotopic (exact) mass is 375 g/mol. The molecule has 1 saturated heterocycles. The first-order valence-corrected chi connectivity index (χ1v) is 10.2. The molecular weight excluding hydrogens is 346 g/mol. The second-order valence-electron chi connectivity index (χ2n) is 7.74. The van der Waals surface area contributed by atoms with Gasteiger partial charge in [0.1, 0.15) is 0 Å². The quantitative estimate of drug-likeness (QED) is 0.676. The highest BCUT2D eigenvalue weighted by atomic mass is 16.5. The van der Waals surface area contributed by atoms with Gasteiger partial charge in [-0.25, -0.2) is 0 Å². The summed E-state index contributed by atoms with van der Waals surface area (Å²) in [6.07, 6.45) is 6.16. The molecule has 0 bridgehead atoms. The number of aryl methyl sites for hydroxylation is 1. The number of ether oxygens (including phenoxy) is 1. The number of likely N-dealkylation sites (tertiary alicyclic amines) is 1. The number of aromatic nitrogens is 1. The summed E-state index contributed by atoms with van der Waals surface area (Å²) in [6, 6.07) is 15.9. The summed E-state index contributed by atoms with van der Waals surface area (Å²) in [7, 11) is 1.77. The molecule has 1 aromatic heterocycles. The average Bonchev–Trinajstić information content (AvgIpc) is 2.73. The fourth-order valence-corrected chi connectivity index (χ4v) is 4.05. The van der Waals surface area contributed by atoms with Crippen LogP contribution < -0.4 is 5.32 Å². The van der Waals surface area contributed by atoms with Crippen molar-refractivity contribution in [2.75, 3.05) is 38.7 Å². The lowest BCUT2D eigenvalue weighted by Crippen LogP contribution is -2.40. The minimum Gasteiger partial charge on any atom is -0.383 e. The molecule has 1 N–H and O–H groups in total. The summed E-state index contributed by atoms with van der Waals surface area (Å²) in [6.45, 7) is 6.22.